The van der Waals surface area contributed by atoms with Crippen molar-refractivity contribution in [2.45, 2.75) is 38.0 Å². The Hall–Kier alpha value is -2.83. The van der Waals surface area contributed by atoms with Gasteiger partial charge in [0.1, 0.15) is 13.2 Å². The number of nitrogens with one attached hydrogen (secondary N) is 1. The van der Waals surface area contributed by atoms with Crippen molar-refractivity contribution in [3.8, 4) is 0 Å². The van der Waals surface area contributed by atoms with E-state index in [9.17, 15) is 9.59 Å². The van der Waals surface area contributed by atoms with Gasteiger partial charge >= 0.3 is 6.09 Å². The smallest absolute Gasteiger partial charge is 0.407 e. The zero-order valence-corrected chi connectivity index (χ0v) is 14.7. The topological polar surface area (TPSA) is 76.5 Å². The Balaban J connectivity index is 1.32. The van der Waals surface area contributed by atoms with Crippen molar-refractivity contribution in [1.29, 1.82) is 0 Å². The fourth-order valence-electron chi connectivity index (χ4n) is 3.99. The van der Waals surface area contributed by atoms with E-state index in [0.29, 0.717) is 0 Å². The number of aromatic nitrogens is 2. The van der Waals surface area contributed by atoms with Gasteiger partial charge in [0.25, 0.3) is 0 Å². The monoisotopic (exact) mass is 354 g/mol. The lowest BCUT2D eigenvalue weighted by molar-refractivity contribution is -0.133. The van der Waals surface area contributed by atoms with Crippen molar-refractivity contribution < 1.29 is 14.3 Å². The molecular formula is C19H22N4O3. The van der Waals surface area contributed by atoms with E-state index in [1.54, 1.807) is 0 Å². The molecule has 7 heteroatoms. The summed E-state index contributed by atoms with van der Waals surface area (Å²) in [6, 6.07) is 9.70. The van der Waals surface area contributed by atoms with E-state index in [2.05, 4.69) is 10.4 Å². The lowest BCUT2D eigenvalue weighted by Gasteiger charge is -2.34. The minimum Gasteiger partial charge on any atom is -0.445 e. The molecule has 2 bridgehead atoms. The molecule has 0 aliphatic carbocycles. The van der Waals surface area contributed by atoms with Crippen molar-refractivity contribution in [3.05, 3.63) is 53.3 Å². The second kappa shape index (κ2) is 6.82. The summed E-state index contributed by atoms with van der Waals surface area (Å²) in [5.74, 6) is -0.0661. The highest BCUT2D eigenvalue weighted by Crippen LogP contribution is 2.43. The average Bonchev–Trinajstić information content (AvgIpc) is 3.18. The van der Waals surface area contributed by atoms with Crippen molar-refractivity contribution >= 4 is 12.0 Å². The standard InChI is InChI=1S/C19H22N4O3/c1-22-11-15-16(21-22)9-14-7-8-17(15)23(14)18(24)10-20-19(25)26-12-13-5-3-2-4-6-13/h2-6,11,14,17H,7-10,12H2,1H3,(H,20,25)/t14-,17+/m1/s1. The summed E-state index contributed by atoms with van der Waals surface area (Å²) in [6.45, 7) is 0.144. The molecule has 2 aliphatic heterocycles. The third kappa shape index (κ3) is 3.16. The van der Waals surface area contributed by atoms with Gasteiger partial charge in [-0.2, -0.15) is 5.10 Å². The van der Waals surface area contributed by atoms with E-state index in [0.717, 1.165) is 36.1 Å². The van der Waals surface area contributed by atoms with Crippen LogP contribution in [0.15, 0.2) is 36.5 Å². The molecule has 0 spiro atoms. The van der Waals surface area contributed by atoms with Crippen LogP contribution in [-0.2, 0) is 29.6 Å². The Labute approximate surface area is 151 Å². The summed E-state index contributed by atoms with van der Waals surface area (Å²) < 4.78 is 6.97. The van der Waals surface area contributed by atoms with Crippen LogP contribution >= 0.6 is 0 Å². The van der Waals surface area contributed by atoms with Gasteiger partial charge in [-0.3, -0.25) is 9.48 Å². The lowest BCUT2D eigenvalue weighted by atomic mass is 10.0. The van der Waals surface area contributed by atoms with Crippen LogP contribution in [0.2, 0.25) is 0 Å². The number of nitrogens with zero attached hydrogens (tertiary/aromatic N) is 3. The summed E-state index contributed by atoms with van der Waals surface area (Å²) in [7, 11) is 1.91. The van der Waals surface area contributed by atoms with Crippen LogP contribution < -0.4 is 5.32 Å². The normalized spacial score (nSPS) is 20.6. The first-order valence-electron chi connectivity index (χ1n) is 8.90. The molecule has 2 aliphatic rings. The van der Waals surface area contributed by atoms with Crippen LogP contribution in [0.5, 0.6) is 0 Å². The maximum absolute atomic E-state index is 12.7. The number of alkyl carbamates (subject to hydrolysis) is 1. The molecule has 2 amide bonds. The van der Waals surface area contributed by atoms with Crippen LogP contribution in [0.3, 0.4) is 0 Å². The number of fused-ring (bicyclic) bond motifs is 4. The molecule has 2 atom stereocenters. The Bertz CT molecular complexity index is 817. The summed E-state index contributed by atoms with van der Waals surface area (Å²) >= 11 is 0. The first kappa shape index (κ1) is 16.6. The maximum atomic E-state index is 12.7. The highest BCUT2D eigenvalue weighted by molar-refractivity contribution is 5.83. The number of ether oxygens (including phenoxy) is 1. The molecule has 1 aromatic carbocycles. The molecule has 2 aromatic rings. The quantitative estimate of drug-likeness (QED) is 0.910. The van der Waals surface area contributed by atoms with E-state index in [4.69, 9.17) is 4.74 Å². The molecule has 0 radical (unpaired) electrons. The molecule has 26 heavy (non-hydrogen) atoms. The third-order valence-corrected chi connectivity index (χ3v) is 5.11. The van der Waals surface area contributed by atoms with Crippen molar-refractivity contribution in [2.75, 3.05) is 6.54 Å². The van der Waals surface area contributed by atoms with Crippen molar-refractivity contribution in [3.63, 3.8) is 0 Å². The van der Waals surface area contributed by atoms with Crippen LogP contribution in [0.25, 0.3) is 0 Å². The summed E-state index contributed by atoms with van der Waals surface area (Å²) in [5.41, 5.74) is 3.15. The minimum atomic E-state index is -0.575. The summed E-state index contributed by atoms with van der Waals surface area (Å²) in [4.78, 5) is 26.5. The van der Waals surface area contributed by atoms with Gasteiger partial charge in [0.05, 0.1) is 11.7 Å². The van der Waals surface area contributed by atoms with E-state index >= 15 is 0 Å². The van der Waals surface area contributed by atoms with Crippen LogP contribution in [0, 0.1) is 0 Å². The molecule has 0 saturated carbocycles. The molecule has 1 aromatic heterocycles. The number of hydrogen-bond acceptors (Lipinski definition) is 4. The second-order valence-electron chi connectivity index (χ2n) is 6.87. The Morgan fingerprint density at radius 1 is 1.27 bits per heavy atom. The summed E-state index contributed by atoms with van der Waals surface area (Å²) in [5, 5.41) is 7.08. The van der Waals surface area contributed by atoms with Crippen molar-refractivity contribution in [2.24, 2.45) is 7.05 Å². The minimum absolute atomic E-state index is 0.0454. The zero-order chi connectivity index (χ0) is 18.1. The van der Waals surface area contributed by atoms with Gasteiger partial charge in [-0.05, 0) is 18.4 Å². The van der Waals surface area contributed by atoms with E-state index in [1.165, 1.54) is 0 Å². The molecule has 136 valence electrons. The Morgan fingerprint density at radius 3 is 2.88 bits per heavy atom. The number of benzene rings is 1. The molecule has 3 heterocycles. The van der Waals surface area contributed by atoms with E-state index < -0.39 is 6.09 Å². The fraction of sp³-hybridized carbons (Fsp3) is 0.421. The Kier molecular flexibility index (Phi) is 4.36. The van der Waals surface area contributed by atoms with Gasteiger partial charge in [-0.1, -0.05) is 30.3 Å². The van der Waals surface area contributed by atoms with Crippen LogP contribution in [-0.4, -0.2) is 39.3 Å². The van der Waals surface area contributed by atoms with Gasteiger partial charge in [-0.25, -0.2) is 4.79 Å². The number of amides is 2. The fourth-order valence-corrected chi connectivity index (χ4v) is 3.99. The predicted molar refractivity (Wildman–Crippen MR) is 94.2 cm³/mol. The number of hydrogen-bond donors (Lipinski definition) is 1. The van der Waals surface area contributed by atoms with E-state index in [1.807, 2.05) is 53.2 Å². The van der Waals surface area contributed by atoms with Crippen molar-refractivity contribution in [1.82, 2.24) is 20.0 Å². The highest BCUT2D eigenvalue weighted by atomic mass is 16.5. The van der Waals surface area contributed by atoms with E-state index in [-0.39, 0.29) is 31.1 Å². The van der Waals surface area contributed by atoms with Gasteiger partial charge in [0.2, 0.25) is 5.91 Å². The largest absolute Gasteiger partial charge is 0.445 e. The van der Waals surface area contributed by atoms with Gasteiger partial charge in [0.15, 0.2) is 0 Å². The zero-order valence-electron chi connectivity index (χ0n) is 14.7. The molecule has 1 saturated heterocycles. The number of aryl methyl sites for hydroxylation is 1. The third-order valence-electron chi connectivity index (χ3n) is 5.11. The Morgan fingerprint density at radius 2 is 2.08 bits per heavy atom. The number of carbonyl (C=O) groups is 2. The molecule has 1 N–H and O–H groups in total. The first-order valence-corrected chi connectivity index (χ1v) is 8.90. The highest BCUT2D eigenvalue weighted by Gasteiger charge is 2.43. The maximum Gasteiger partial charge on any atom is 0.407 e. The van der Waals surface area contributed by atoms with Crippen LogP contribution in [0.4, 0.5) is 4.79 Å². The predicted octanol–water partition coefficient (Wildman–Crippen LogP) is 1.93. The van der Waals surface area contributed by atoms with Gasteiger partial charge in [0, 0.05) is 31.3 Å². The first-order chi connectivity index (χ1) is 12.6. The summed E-state index contributed by atoms with van der Waals surface area (Å²) in [6.07, 6.45) is 4.15. The van der Waals surface area contributed by atoms with Crippen LogP contribution in [0.1, 0.15) is 35.7 Å². The van der Waals surface area contributed by atoms with Gasteiger partial charge in [-0.15, -0.1) is 0 Å². The molecule has 4 rings (SSSR count). The average molecular weight is 354 g/mol. The molecular weight excluding hydrogens is 332 g/mol. The number of carbonyl (C=O) groups excluding carboxylic acids is 2. The second-order valence-corrected chi connectivity index (χ2v) is 6.87. The lowest BCUT2D eigenvalue weighted by Crippen LogP contribution is -2.46. The molecule has 7 nitrogen and oxygen atoms in total. The SMILES string of the molecule is Cn1cc2c(n1)C[C@H]1CC[C@@H]2N1C(=O)CNC(=O)OCc1ccccc1. The molecule has 0 unspecified atom stereocenters. The number of rotatable bonds is 4. The van der Waals surface area contributed by atoms with Gasteiger partial charge < -0.3 is 15.0 Å². The molecule has 1 fully saturated rings.